The van der Waals surface area contributed by atoms with Gasteiger partial charge in [-0.25, -0.2) is 9.37 Å². The molecule has 0 bridgehead atoms. The number of imidazole rings is 1. The highest BCUT2D eigenvalue weighted by molar-refractivity contribution is 5.96. The predicted molar refractivity (Wildman–Crippen MR) is 127 cm³/mol. The van der Waals surface area contributed by atoms with E-state index in [0.29, 0.717) is 31.8 Å². The molecule has 0 N–H and O–H groups in total. The molecule has 1 aromatic heterocycles. The van der Waals surface area contributed by atoms with E-state index in [-0.39, 0.29) is 17.6 Å². The van der Waals surface area contributed by atoms with Gasteiger partial charge in [-0.15, -0.1) is 0 Å². The van der Waals surface area contributed by atoms with E-state index in [1.807, 2.05) is 25.1 Å². The molecular formula is C27H26FN3O2. The molecule has 0 saturated carbocycles. The lowest BCUT2D eigenvalue weighted by atomic mass is 10.1. The molecule has 1 aliphatic heterocycles. The van der Waals surface area contributed by atoms with Gasteiger partial charge in [-0.1, -0.05) is 24.3 Å². The van der Waals surface area contributed by atoms with Crippen LogP contribution < -0.4 is 9.64 Å². The molecule has 1 saturated heterocycles. The molecule has 33 heavy (non-hydrogen) atoms. The van der Waals surface area contributed by atoms with Crippen LogP contribution in [-0.4, -0.2) is 28.6 Å². The molecule has 6 heteroatoms. The first-order valence-electron chi connectivity index (χ1n) is 11.2. The van der Waals surface area contributed by atoms with Gasteiger partial charge >= 0.3 is 0 Å². The summed E-state index contributed by atoms with van der Waals surface area (Å²) in [6.45, 7) is 5.74. The second kappa shape index (κ2) is 8.70. The molecule has 0 radical (unpaired) electrons. The van der Waals surface area contributed by atoms with Gasteiger partial charge in [0, 0.05) is 24.6 Å². The first-order valence-corrected chi connectivity index (χ1v) is 11.2. The molecule has 1 atom stereocenters. The van der Waals surface area contributed by atoms with Crippen LogP contribution in [0.4, 0.5) is 10.1 Å². The van der Waals surface area contributed by atoms with Gasteiger partial charge in [0.25, 0.3) is 0 Å². The number of benzene rings is 3. The Hall–Kier alpha value is -3.67. The molecule has 0 unspecified atom stereocenters. The average Bonchev–Trinajstić information content (AvgIpc) is 3.37. The third-order valence-corrected chi connectivity index (χ3v) is 6.23. The summed E-state index contributed by atoms with van der Waals surface area (Å²) in [6, 6.07) is 20.3. The van der Waals surface area contributed by atoms with Crippen molar-refractivity contribution in [2.24, 2.45) is 0 Å². The van der Waals surface area contributed by atoms with E-state index < -0.39 is 0 Å². The maximum atomic E-state index is 13.3. The summed E-state index contributed by atoms with van der Waals surface area (Å²) in [5.41, 5.74) is 4.92. The van der Waals surface area contributed by atoms with Crippen molar-refractivity contribution in [3.05, 3.63) is 89.5 Å². The van der Waals surface area contributed by atoms with Crippen LogP contribution in [0.2, 0.25) is 0 Å². The van der Waals surface area contributed by atoms with Crippen LogP contribution in [0.25, 0.3) is 11.0 Å². The summed E-state index contributed by atoms with van der Waals surface area (Å²) in [7, 11) is 0. The topological polar surface area (TPSA) is 47.4 Å². The summed E-state index contributed by atoms with van der Waals surface area (Å²) >= 11 is 0. The zero-order valence-electron chi connectivity index (χ0n) is 18.8. The quantitative estimate of drug-likeness (QED) is 0.401. The molecule has 5 rings (SSSR count). The van der Waals surface area contributed by atoms with Gasteiger partial charge in [-0.05, 0) is 67.4 Å². The molecule has 1 amide bonds. The fraction of sp³-hybridized carbons (Fsp3) is 0.259. The Labute approximate surface area is 192 Å². The maximum Gasteiger partial charge on any atom is 0.227 e. The number of amides is 1. The Bertz CT molecular complexity index is 1310. The highest BCUT2D eigenvalue weighted by Gasteiger charge is 2.34. The average molecular weight is 444 g/mol. The number of ether oxygens (including phenoxy) is 1. The van der Waals surface area contributed by atoms with Gasteiger partial charge in [-0.2, -0.15) is 0 Å². The van der Waals surface area contributed by atoms with Crippen molar-refractivity contribution in [2.75, 3.05) is 18.1 Å². The van der Waals surface area contributed by atoms with Gasteiger partial charge in [0.2, 0.25) is 5.91 Å². The second-order valence-corrected chi connectivity index (χ2v) is 8.61. The van der Waals surface area contributed by atoms with Gasteiger partial charge in [-0.3, -0.25) is 4.79 Å². The standard InChI is InChI=1S/C27H26FN3O2/c1-18-7-8-19(2)25(15-18)33-14-13-30-24-6-4-3-5-23(24)29-27(30)20-16-26(32)31(17-20)22-11-9-21(28)10-12-22/h3-12,15,20H,13-14,16-17H2,1-2H3/t20-/m1/s1. The number of carbonyl (C=O) groups is 1. The first-order chi connectivity index (χ1) is 16.0. The number of halogens is 1. The third-order valence-electron chi connectivity index (χ3n) is 6.23. The number of anilines is 1. The fourth-order valence-electron chi connectivity index (χ4n) is 4.50. The van der Waals surface area contributed by atoms with Crippen molar-refractivity contribution in [3.63, 3.8) is 0 Å². The summed E-state index contributed by atoms with van der Waals surface area (Å²) in [6.07, 6.45) is 0.374. The SMILES string of the molecule is Cc1ccc(C)c(OCCn2c([C@@H]3CC(=O)N(c4ccc(F)cc4)C3)nc3ccccc32)c1. The van der Waals surface area contributed by atoms with Crippen molar-refractivity contribution in [2.45, 2.75) is 32.7 Å². The van der Waals surface area contributed by atoms with Crippen LogP contribution in [0.15, 0.2) is 66.7 Å². The molecular weight excluding hydrogens is 417 g/mol. The molecule has 1 aliphatic rings. The number of nitrogens with zero attached hydrogens (tertiary/aromatic N) is 3. The highest BCUT2D eigenvalue weighted by Crippen LogP contribution is 2.33. The van der Waals surface area contributed by atoms with Crippen LogP contribution in [0, 0.1) is 19.7 Å². The van der Waals surface area contributed by atoms with E-state index >= 15 is 0 Å². The fourth-order valence-corrected chi connectivity index (χ4v) is 4.50. The lowest BCUT2D eigenvalue weighted by Gasteiger charge is -2.18. The van der Waals surface area contributed by atoms with E-state index in [4.69, 9.17) is 9.72 Å². The van der Waals surface area contributed by atoms with Crippen molar-refractivity contribution in [1.29, 1.82) is 0 Å². The molecule has 1 fully saturated rings. The molecule has 2 heterocycles. The Morgan fingerprint density at radius 1 is 1.06 bits per heavy atom. The van der Waals surface area contributed by atoms with E-state index in [1.54, 1.807) is 17.0 Å². The number of fused-ring (bicyclic) bond motifs is 1. The van der Waals surface area contributed by atoms with Crippen LogP contribution in [0.3, 0.4) is 0 Å². The normalized spacial score (nSPS) is 16.0. The van der Waals surface area contributed by atoms with Crippen LogP contribution >= 0.6 is 0 Å². The summed E-state index contributed by atoms with van der Waals surface area (Å²) in [5.74, 6) is 1.44. The number of hydrogen-bond acceptors (Lipinski definition) is 3. The minimum Gasteiger partial charge on any atom is -0.491 e. The Kier molecular flexibility index (Phi) is 5.58. The van der Waals surface area contributed by atoms with E-state index in [0.717, 1.165) is 33.7 Å². The summed E-state index contributed by atoms with van der Waals surface area (Å²) < 4.78 is 21.6. The van der Waals surface area contributed by atoms with Crippen molar-refractivity contribution in [1.82, 2.24) is 9.55 Å². The number of para-hydroxylation sites is 2. The molecule has 5 nitrogen and oxygen atoms in total. The third kappa shape index (κ3) is 4.21. The zero-order chi connectivity index (χ0) is 22.9. The molecule has 168 valence electrons. The van der Waals surface area contributed by atoms with E-state index in [2.05, 4.69) is 35.8 Å². The largest absolute Gasteiger partial charge is 0.491 e. The molecule has 0 aliphatic carbocycles. The number of carbonyl (C=O) groups excluding carboxylic acids is 1. The van der Waals surface area contributed by atoms with Crippen LogP contribution in [-0.2, 0) is 11.3 Å². The Morgan fingerprint density at radius 3 is 2.67 bits per heavy atom. The maximum absolute atomic E-state index is 13.3. The number of hydrogen-bond donors (Lipinski definition) is 0. The van der Waals surface area contributed by atoms with Crippen LogP contribution in [0.5, 0.6) is 5.75 Å². The summed E-state index contributed by atoms with van der Waals surface area (Å²) in [4.78, 5) is 19.4. The predicted octanol–water partition coefficient (Wildman–Crippen LogP) is 5.39. The monoisotopic (exact) mass is 443 g/mol. The van der Waals surface area contributed by atoms with Crippen molar-refractivity contribution >= 4 is 22.6 Å². The Morgan fingerprint density at radius 2 is 1.85 bits per heavy atom. The van der Waals surface area contributed by atoms with Crippen LogP contribution in [0.1, 0.15) is 29.3 Å². The smallest absolute Gasteiger partial charge is 0.227 e. The number of aryl methyl sites for hydroxylation is 2. The number of rotatable bonds is 6. The molecule has 4 aromatic rings. The van der Waals surface area contributed by atoms with Crippen molar-refractivity contribution < 1.29 is 13.9 Å². The van der Waals surface area contributed by atoms with Gasteiger partial charge in [0.05, 0.1) is 17.6 Å². The Balaban J connectivity index is 1.40. The summed E-state index contributed by atoms with van der Waals surface area (Å²) in [5, 5.41) is 0. The minimum atomic E-state index is -0.312. The lowest BCUT2D eigenvalue weighted by molar-refractivity contribution is -0.117. The lowest BCUT2D eigenvalue weighted by Crippen LogP contribution is -2.24. The van der Waals surface area contributed by atoms with Gasteiger partial charge in [0.15, 0.2) is 0 Å². The van der Waals surface area contributed by atoms with Crippen molar-refractivity contribution in [3.8, 4) is 5.75 Å². The molecule has 3 aromatic carbocycles. The van der Waals surface area contributed by atoms with Gasteiger partial charge in [0.1, 0.15) is 24.0 Å². The zero-order valence-corrected chi connectivity index (χ0v) is 18.8. The molecule has 0 spiro atoms. The highest BCUT2D eigenvalue weighted by atomic mass is 19.1. The minimum absolute atomic E-state index is 0.0249. The van der Waals surface area contributed by atoms with Gasteiger partial charge < -0.3 is 14.2 Å². The first kappa shape index (κ1) is 21.2. The van der Waals surface area contributed by atoms with E-state index in [9.17, 15) is 9.18 Å². The van der Waals surface area contributed by atoms with E-state index in [1.165, 1.54) is 12.1 Å². The number of aromatic nitrogens is 2. The second-order valence-electron chi connectivity index (χ2n) is 8.61.